The monoisotopic (exact) mass is 245 g/mol. The highest BCUT2D eigenvalue weighted by atomic mass is 16.2. The number of benzene rings is 1. The van der Waals surface area contributed by atoms with Crippen LogP contribution < -0.4 is 5.32 Å². The number of hydrogen-bond donors (Lipinski definition) is 1. The average Bonchev–Trinajstić information content (AvgIpc) is 2.39. The topological polar surface area (TPSA) is 56.1 Å². The molecule has 0 aliphatic carbocycles. The lowest BCUT2D eigenvalue weighted by Gasteiger charge is -2.21. The predicted octanol–water partition coefficient (Wildman–Crippen LogP) is 1.37. The molecule has 1 unspecified atom stereocenters. The Kier molecular flexibility index (Phi) is 5.34. The van der Waals surface area contributed by atoms with Gasteiger partial charge in [-0.05, 0) is 24.7 Å². The molecule has 1 aromatic carbocycles. The van der Waals surface area contributed by atoms with Crippen molar-refractivity contribution in [1.82, 2.24) is 10.2 Å². The summed E-state index contributed by atoms with van der Waals surface area (Å²) in [7, 11) is 3.64. The van der Waals surface area contributed by atoms with Crippen LogP contribution in [0.5, 0.6) is 0 Å². The van der Waals surface area contributed by atoms with Gasteiger partial charge in [0.2, 0.25) is 5.91 Å². The van der Waals surface area contributed by atoms with Gasteiger partial charge in [0.25, 0.3) is 0 Å². The lowest BCUT2D eigenvalue weighted by Crippen LogP contribution is -2.35. The summed E-state index contributed by atoms with van der Waals surface area (Å²) >= 11 is 0. The second kappa shape index (κ2) is 6.77. The third-order valence-corrected chi connectivity index (χ3v) is 2.81. The van der Waals surface area contributed by atoms with E-state index in [4.69, 9.17) is 5.26 Å². The summed E-state index contributed by atoms with van der Waals surface area (Å²) in [6, 6.07) is 9.37. The van der Waals surface area contributed by atoms with E-state index in [1.807, 2.05) is 26.1 Å². The van der Waals surface area contributed by atoms with Crippen LogP contribution in [-0.2, 0) is 11.3 Å². The van der Waals surface area contributed by atoms with Gasteiger partial charge in [0.1, 0.15) is 0 Å². The molecule has 1 rings (SSSR count). The Hall–Kier alpha value is -1.86. The first kappa shape index (κ1) is 14.2. The lowest BCUT2D eigenvalue weighted by atomic mass is 10.1. The maximum absolute atomic E-state index is 12.0. The van der Waals surface area contributed by atoms with Crippen molar-refractivity contribution in [3.8, 4) is 6.07 Å². The van der Waals surface area contributed by atoms with Crippen LogP contribution in [0.15, 0.2) is 24.3 Å². The molecule has 4 nitrogen and oxygen atoms in total. The van der Waals surface area contributed by atoms with E-state index in [2.05, 4.69) is 11.4 Å². The average molecular weight is 245 g/mol. The summed E-state index contributed by atoms with van der Waals surface area (Å²) in [6.45, 7) is 3.16. The molecule has 0 saturated heterocycles. The van der Waals surface area contributed by atoms with E-state index in [0.29, 0.717) is 18.7 Å². The number of carbonyl (C=O) groups excluding carboxylic acids is 1. The quantitative estimate of drug-likeness (QED) is 0.852. The zero-order valence-corrected chi connectivity index (χ0v) is 11.1. The molecule has 1 amide bonds. The minimum atomic E-state index is -0.0293. The highest BCUT2D eigenvalue weighted by Crippen LogP contribution is 2.08. The molecule has 96 valence electrons. The third kappa shape index (κ3) is 3.86. The van der Waals surface area contributed by atoms with Gasteiger partial charge in [0.05, 0.1) is 11.6 Å². The minimum Gasteiger partial charge on any atom is -0.341 e. The summed E-state index contributed by atoms with van der Waals surface area (Å²) < 4.78 is 0. The van der Waals surface area contributed by atoms with Crippen LogP contribution in [0.4, 0.5) is 0 Å². The maximum atomic E-state index is 12.0. The van der Waals surface area contributed by atoms with Gasteiger partial charge in [-0.15, -0.1) is 0 Å². The number of nitriles is 1. The zero-order valence-electron chi connectivity index (χ0n) is 11.1. The summed E-state index contributed by atoms with van der Waals surface area (Å²) in [5.74, 6) is 0.0899. The number of rotatable bonds is 5. The normalized spacial score (nSPS) is 11.7. The molecule has 0 bridgehead atoms. The number of hydrogen-bond acceptors (Lipinski definition) is 3. The minimum absolute atomic E-state index is 0.0293. The Morgan fingerprint density at radius 2 is 2.06 bits per heavy atom. The summed E-state index contributed by atoms with van der Waals surface area (Å²) in [4.78, 5) is 13.7. The fourth-order valence-electron chi connectivity index (χ4n) is 1.81. The lowest BCUT2D eigenvalue weighted by molar-refractivity contribution is -0.134. The molecule has 1 N–H and O–H groups in total. The smallest absolute Gasteiger partial charge is 0.226 e. The number of nitrogens with one attached hydrogen (secondary N) is 1. The molecule has 0 aliphatic heterocycles. The summed E-state index contributed by atoms with van der Waals surface area (Å²) in [5.41, 5.74) is 1.66. The standard InChI is InChI=1S/C14H19N3O/c1-11(9-16-2)14(18)17(3)10-13-6-4-12(8-15)5-7-13/h4-7,11,16H,9-10H2,1-3H3. The fraction of sp³-hybridized carbons (Fsp3) is 0.429. The molecule has 18 heavy (non-hydrogen) atoms. The first-order valence-electron chi connectivity index (χ1n) is 5.97. The van der Waals surface area contributed by atoms with Gasteiger partial charge in [-0.3, -0.25) is 4.79 Å². The molecule has 0 heterocycles. The molecule has 1 atom stereocenters. The van der Waals surface area contributed by atoms with Crippen molar-refractivity contribution in [2.75, 3.05) is 20.6 Å². The number of amides is 1. The first-order valence-corrected chi connectivity index (χ1v) is 5.97. The Morgan fingerprint density at radius 1 is 1.44 bits per heavy atom. The van der Waals surface area contributed by atoms with E-state index >= 15 is 0 Å². The van der Waals surface area contributed by atoms with Crippen molar-refractivity contribution >= 4 is 5.91 Å². The van der Waals surface area contributed by atoms with E-state index in [1.165, 1.54) is 0 Å². The second-order valence-corrected chi connectivity index (χ2v) is 4.46. The Bertz CT molecular complexity index is 433. The van der Waals surface area contributed by atoms with E-state index < -0.39 is 0 Å². The van der Waals surface area contributed by atoms with Crippen molar-refractivity contribution in [3.05, 3.63) is 35.4 Å². The molecule has 0 radical (unpaired) electrons. The van der Waals surface area contributed by atoms with Gasteiger partial charge < -0.3 is 10.2 Å². The van der Waals surface area contributed by atoms with E-state index in [0.717, 1.165) is 5.56 Å². The van der Waals surface area contributed by atoms with Crippen LogP contribution in [0.3, 0.4) is 0 Å². The predicted molar refractivity (Wildman–Crippen MR) is 70.7 cm³/mol. The van der Waals surface area contributed by atoms with Gasteiger partial charge in [-0.2, -0.15) is 5.26 Å². The van der Waals surface area contributed by atoms with Crippen molar-refractivity contribution in [3.63, 3.8) is 0 Å². The molecule has 0 aromatic heterocycles. The Labute approximate surface area is 108 Å². The molecular weight excluding hydrogens is 226 g/mol. The van der Waals surface area contributed by atoms with Crippen molar-refractivity contribution < 1.29 is 4.79 Å². The highest BCUT2D eigenvalue weighted by molar-refractivity contribution is 5.78. The van der Waals surface area contributed by atoms with Crippen LogP contribution in [0.25, 0.3) is 0 Å². The van der Waals surface area contributed by atoms with Gasteiger partial charge >= 0.3 is 0 Å². The first-order chi connectivity index (χ1) is 8.58. The molecule has 4 heteroatoms. The molecule has 0 saturated carbocycles. The molecule has 1 aromatic rings. The Morgan fingerprint density at radius 3 is 2.56 bits per heavy atom. The van der Waals surface area contributed by atoms with Gasteiger partial charge in [-0.25, -0.2) is 0 Å². The highest BCUT2D eigenvalue weighted by Gasteiger charge is 2.16. The van der Waals surface area contributed by atoms with Crippen LogP contribution in [0.1, 0.15) is 18.1 Å². The maximum Gasteiger partial charge on any atom is 0.226 e. The van der Waals surface area contributed by atoms with Crippen LogP contribution in [0.2, 0.25) is 0 Å². The van der Waals surface area contributed by atoms with Gasteiger partial charge in [-0.1, -0.05) is 19.1 Å². The third-order valence-electron chi connectivity index (χ3n) is 2.81. The van der Waals surface area contributed by atoms with Crippen LogP contribution >= 0.6 is 0 Å². The Balaban J connectivity index is 2.61. The number of carbonyl (C=O) groups is 1. The van der Waals surface area contributed by atoms with E-state index in [1.54, 1.807) is 24.1 Å². The second-order valence-electron chi connectivity index (χ2n) is 4.46. The van der Waals surface area contributed by atoms with Gasteiger partial charge in [0, 0.05) is 26.1 Å². The van der Waals surface area contributed by atoms with E-state index in [-0.39, 0.29) is 11.8 Å². The van der Waals surface area contributed by atoms with Gasteiger partial charge in [0.15, 0.2) is 0 Å². The van der Waals surface area contributed by atoms with Crippen molar-refractivity contribution in [2.45, 2.75) is 13.5 Å². The van der Waals surface area contributed by atoms with Crippen molar-refractivity contribution in [1.29, 1.82) is 5.26 Å². The largest absolute Gasteiger partial charge is 0.341 e. The molecule has 0 aliphatic rings. The SMILES string of the molecule is CNCC(C)C(=O)N(C)Cc1ccc(C#N)cc1. The number of nitrogens with zero attached hydrogens (tertiary/aromatic N) is 2. The molecular formula is C14H19N3O. The van der Waals surface area contributed by atoms with E-state index in [9.17, 15) is 4.79 Å². The van der Waals surface area contributed by atoms with Crippen LogP contribution in [-0.4, -0.2) is 31.4 Å². The van der Waals surface area contributed by atoms with Crippen molar-refractivity contribution in [2.24, 2.45) is 5.92 Å². The van der Waals surface area contributed by atoms with Crippen LogP contribution in [0, 0.1) is 17.2 Å². The molecule has 0 fully saturated rings. The zero-order chi connectivity index (χ0) is 13.5. The summed E-state index contributed by atoms with van der Waals surface area (Å²) in [5, 5.41) is 11.7. The molecule has 0 spiro atoms. The summed E-state index contributed by atoms with van der Waals surface area (Å²) in [6.07, 6.45) is 0. The fourth-order valence-corrected chi connectivity index (χ4v) is 1.81.